The second kappa shape index (κ2) is 4.85. The van der Waals surface area contributed by atoms with Crippen molar-refractivity contribution in [3.8, 4) is 0 Å². The molecule has 0 unspecified atom stereocenters. The van der Waals surface area contributed by atoms with Crippen LogP contribution in [0.4, 0.5) is 23.4 Å². The number of aromatic nitrogens is 2. The van der Waals surface area contributed by atoms with Crippen molar-refractivity contribution in [3.05, 3.63) is 18.1 Å². The summed E-state index contributed by atoms with van der Waals surface area (Å²) in [5, 5.41) is 0. The average Bonchev–Trinajstić information content (AvgIpc) is 2.59. The lowest BCUT2D eigenvalue weighted by Crippen LogP contribution is -2.23. The molecule has 0 radical (unpaired) electrons. The van der Waals surface area contributed by atoms with Crippen LogP contribution in [0.2, 0.25) is 0 Å². The number of hydrogen-bond donors (Lipinski definition) is 0. The normalized spacial score (nSPS) is 24.6. The first-order valence-electron chi connectivity index (χ1n) is 5.18. The Hall–Kier alpha value is -1.40. The van der Waals surface area contributed by atoms with E-state index in [-0.39, 0.29) is 24.5 Å². The highest BCUT2D eigenvalue weighted by molar-refractivity contribution is 5.47. The van der Waals surface area contributed by atoms with Gasteiger partial charge in [0.25, 0.3) is 0 Å². The monoisotopic (exact) mass is 249 g/mol. The molecule has 0 aromatic carbocycles. The molecule has 1 aliphatic rings. The lowest BCUT2D eigenvalue weighted by molar-refractivity contribution is 0.149. The molecule has 94 valence electrons. The van der Waals surface area contributed by atoms with Crippen molar-refractivity contribution in [3.63, 3.8) is 0 Å². The number of anilines is 1. The van der Waals surface area contributed by atoms with Gasteiger partial charge in [0.2, 0.25) is 6.43 Å². The second-order valence-electron chi connectivity index (χ2n) is 3.90. The van der Waals surface area contributed by atoms with Crippen molar-refractivity contribution >= 4 is 5.82 Å². The lowest BCUT2D eigenvalue weighted by Gasteiger charge is -2.18. The molecule has 17 heavy (non-hydrogen) atoms. The van der Waals surface area contributed by atoms with Crippen LogP contribution in [0.3, 0.4) is 0 Å². The number of halogens is 4. The molecular formula is C10H11F4N3. The Morgan fingerprint density at radius 2 is 1.94 bits per heavy atom. The minimum Gasteiger partial charge on any atom is -0.350 e. The second-order valence-corrected chi connectivity index (χ2v) is 3.90. The zero-order valence-electron chi connectivity index (χ0n) is 8.86. The lowest BCUT2D eigenvalue weighted by atomic mass is 10.2. The maximum atomic E-state index is 13.0. The summed E-state index contributed by atoms with van der Waals surface area (Å²) >= 11 is 0. The number of nitrogens with zero attached hydrogens (tertiary/aromatic N) is 3. The first kappa shape index (κ1) is 12.1. The van der Waals surface area contributed by atoms with Crippen molar-refractivity contribution in [2.45, 2.75) is 25.2 Å². The quantitative estimate of drug-likeness (QED) is 0.765. The third-order valence-corrected chi connectivity index (χ3v) is 2.62. The minimum absolute atomic E-state index is 0.158. The SMILES string of the molecule is FC(F)Cc1cncnc1N1C[C@H](F)[C@@H](F)C1. The Labute approximate surface area is 95.5 Å². The van der Waals surface area contributed by atoms with Gasteiger partial charge in [-0.25, -0.2) is 27.5 Å². The van der Waals surface area contributed by atoms with Crippen LogP contribution >= 0.6 is 0 Å². The summed E-state index contributed by atoms with van der Waals surface area (Å²) in [4.78, 5) is 8.82. The van der Waals surface area contributed by atoms with Crippen LogP contribution in [0, 0.1) is 0 Å². The fraction of sp³-hybridized carbons (Fsp3) is 0.600. The smallest absolute Gasteiger partial charge is 0.242 e. The van der Waals surface area contributed by atoms with E-state index in [9.17, 15) is 17.6 Å². The molecule has 1 aromatic rings. The fourth-order valence-electron chi connectivity index (χ4n) is 1.84. The molecule has 2 atom stereocenters. The average molecular weight is 249 g/mol. The zero-order valence-corrected chi connectivity index (χ0v) is 8.86. The highest BCUT2D eigenvalue weighted by Crippen LogP contribution is 2.25. The van der Waals surface area contributed by atoms with E-state index < -0.39 is 25.2 Å². The molecule has 0 aliphatic carbocycles. The van der Waals surface area contributed by atoms with Gasteiger partial charge in [0.15, 0.2) is 12.3 Å². The van der Waals surface area contributed by atoms with Crippen LogP contribution in [0.5, 0.6) is 0 Å². The van der Waals surface area contributed by atoms with Gasteiger partial charge in [0.1, 0.15) is 12.1 Å². The molecule has 1 fully saturated rings. The van der Waals surface area contributed by atoms with E-state index in [2.05, 4.69) is 9.97 Å². The Kier molecular flexibility index (Phi) is 3.44. The number of rotatable bonds is 3. The molecule has 1 aliphatic heterocycles. The molecule has 3 nitrogen and oxygen atoms in total. The van der Waals surface area contributed by atoms with Crippen LogP contribution in [-0.2, 0) is 6.42 Å². The molecule has 2 heterocycles. The standard InChI is InChI=1S/C10H11F4N3/c11-7-3-17(4-8(7)12)10-6(1-9(13)14)2-15-5-16-10/h2,5,7-9H,1,3-4H2/t7-,8-/m0/s1. The number of alkyl halides is 4. The predicted molar refractivity (Wildman–Crippen MR) is 53.7 cm³/mol. The largest absolute Gasteiger partial charge is 0.350 e. The Morgan fingerprint density at radius 3 is 2.53 bits per heavy atom. The van der Waals surface area contributed by atoms with Gasteiger partial charge in [-0.05, 0) is 0 Å². The van der Waals surface area contributed by atoms with Gasteiger partial charge in [0, 0.05) is 18.2 Å². The summed E-state index contributed by atoms with van der Waals surface area (Å²) in [6.45, 7) is -0.317. The van der Waals surface area contributed by atoms with E-state index >= 15 is 0 Å². The Balaban J connectivity index is 2.20. The first-order valence-corrected chi connectivity index (χ1v) is 5.18. The third-order valence-electron chi connectivity index (χ3n) is 2.62. The molecule has 1 aromatic heterocycles. The summed E-state index contributed by atoms with van der Waals surface area (Å²) in [7, 11) is 0. The first-order chi connectivity index (χ1) is 8.08. The summed E-state index contributed by atoms with van der Waals surface area (Å²) in [6.07, 6.45) is -3.80. The van der Waals surface area contributed by atoms with Gasteiger partial charge in [-0.3, -0.25) is 0 Å². The molecule has 2 rings (SSSR count). The highest BCUT2D eigenvalue weighted by atomic mass is 19.3. The Morgan fingerprint density at radius 1 is 1.29 bits per heavy atom. The van der Waals surface area contributed by atoms with E-state index in [1.54, 1.807) is 0 Å². The van der Waals surface area contributed by atoms with E-state index in [0.717, 1.165) is 0 Å². The fourth-order valence-corrected chi connectivity index (χ4v) is 1.84. The van der Waals surface area contributed by atoms with Crippen LogP contribution in [0.25, 0.3) is 0 Å². The third kappa shape index (κ3) is 2.65. The van der Waals surface area contributed by atoms with Gasteiger partial charge < -0.3 is 4.90 Å². The van der Waals surface area contributed by atoms with Crippen LogP contribution < -0.4 is 4.90 Å². The van der Waals surface area contributed by atoms with Crippen molar-refractivity contribution < 1.29 is 17.6 Å². The highest BCUT2D eigenvalue weighted by Gasteiger charge is 2.34. The molecule has 0 bridgehead atoms. The van der Waals surface area contributed by atoms with Crippen LogP contribution in [0.1, 0.15) is 5.56 Å². The molecule has 0 saturated carbocycles. The van der Waals surface area contributed by atoms with Crippen molar-refractivity contribution in [1.82, 2.24) is 9.97 Å². The van der Waals surface area contributed by atoms with E-state index in [1.807, 2.05) is 0 Å². The van der Waals surface area contributed by atoms with Gasteiger partial charge in [-0.2, -0.15) is 0 Å². The van der Waals surface area contributed by atoms with Gasteiger partial charge in [-0.15, -0.1) is 0 Å². The van der Waals surface area contributed by atoms with Crippen LogP contribution in [-0.4, -0.2) is 41.8 Å². The summed E-state index contributed by atoms with van der Waals surface area (Å²) < 4.78 is 50.7. The van der Waals surface area contributed by atoms with Gasteiger partial charge in [0.05, 0.1) is 13.1 Å². The zero-order chi connectivity index (χ0) is 12.4. The molecule has 0 N–H and O–H groups in total. The molecular weight excluding hydrogens is 238 g/mol. The van der Waals surface area contributed by atoms with E-state index in [1.165, 1.54) is 17.4 Å². The minimum atomic E-state index is -2.54. The van der Waals surface area contributed by atoms with Crippen LogP contribution in [0.15, 0.2) is 12.5 Å². The maximum Gasteiger partial charge on any atom is 0.242 e. The Bertz CT molecular complexity index is 378. The molecule has 7 heteroatoms. The van der Waals surface area contributed by atoms with Crippen molar-refractivity contribution in [1.29, 1.82) is 0 Å². The molecule has 0 spiro atoms. The maximum absolute atomic E-state index is 13.0. The number of hydrogen-bond acceptors (Lipinski definition) is 3. The van der Waals surface area contributed by atoms with E-state index in [0.29, 0.717) is 0 Å². The van der Waals surface area contributed by atoms with Crippen molar-refractivity contribution in [2.75, 3.05) is 18.0 Å². The topological polar surface area (TPSA) is 29.0 Å². The summed E-state index contributed by atoms with van der Waals surface area (Å²) in [5.74, 6) is 0.197. The van der Waals surface area contributed by atoms with Gasteiger partial charge in [-0.1, -0.05) is 0 Å². The molecule has 0 amide bonds. The predicted octanol–water partition coefficient (Wildman–Crippen LogP) is 1.78. The van der Waals surface area contributed by atoms with Crippen molar-refractivity contribution in [2.24, 2.45) is 0 Å². The summed E-state index contributed by atoms with van der Waals surface area (Å²) in [5.41, 5.74) is 0.212. The van der Waals surface area contributed by atoms with E-state index in [4.69, 9.17) is 0 Å². The van der Waals surface area contributed by atoms with Gasteiger partial charge >= 0.3 is 0 Å². The summed E-state index contributed by atoms with van der Waals surface area (Å²) in [6, 6.07) is 0. The molecule has 1 saturated heterocycles.